The van der Waals surface area contributed by atoms with Gasteiger partial charge in [-0.2, -0.15) is 0 Å². The Morgan fingerprint density at radius 1 is 1.33 bits per heavy atom. The van der Waals surface area contributed by atoms with Gasteiger partial charge in [-0.05, 0) is 49.6 Å². The maximum Gasteiger partial charge on any atom is 0.226 e. The van der Waals surface area contributed by atoms with Crippen LogP contribution in [-0.2, 0) is 4.79 Å². The van der Waals surface area contributed by atoms with Crippen molar-refractivity contribution in [1.29, 1.82) is 0 Å². The van der Waals surface area contributed by atoms with Gasteiger partial charge in [-0.3, -0.25) is 4.79 Å². The third kappa shape index (κ3) is 5.94. The minimum atomic E-state index is -0.0461. The lowest BCUT2D eigenvalue weighted by Gasteiger charge is -2.08. The van der Waals surface area contributed by atoms with E-state index in [4.69, 9.17) is 10.5 Å². The van der Waals surface area contributed by atoms with Gasteiger partial charge in [0.2, 0.25) is 5.91 Å². The van der Waals surface area contributed by atoms with Crippen molar-refractivity contribution >= 4 is 22.4 Å². The third-order valence-corrected chi connectivity index (χ3v) is 4.23. The molecular formula is C18H25N3O2S. The van der Waals surface area contributed by atoms with Crippen LogP contribution in [0.4, 0.5) is 5.13 Å². The molecule has 0 aliphatic carbocycles. The van der Waals surface area contributed by atoms with Crippen LogP contribution in [0.2, 0.25) is 0 Å². The van der Waals surface area contributed by atoms with E-state index in [9.17, 15) is 4.79 Å². The molecule has 0 atom stereocenters. The fourth-order valence-electron chi connectivity index (χ4n) is 2.04. The van der Waals surface area contributed by atoms with Gasteiger partial charge in [0, 0.05) is 17.4 Å². The molecule has 0 fully saturated rings. The third-order valence-electron chi connectivity index (χ3n) is 3.47. The molecule has 0 saturated carbocycles. The van der Waals surface area contributed by atoms with Crippen LogP contribution in [0.25, 0.3) is 11.3 Å². The van der Waals surface area contributed by atoms with E-state index in [1.54, 1.807) is 0 Å². The second-order valence-corrected chi connectivity index (χ2v) is 6.89. The van der Waals surface area contributed by atoms with E-state index in [-0.39, 0.29) is 5.91 Å². The van der Waals surface area contributed by atoms with E-state index in [2.05, 4.69) is 24.1 Å². The quantitative estimate of drug-likeness (QED) is 0.721. The first-order chi connectivity index (χ1) is 11.6. The zero-order chi connectivity index (χ0) is 17.4. The van der Waals surface area contributed by atoms with E-state index in [1.165, 1.54) is 11.3 Å². The maximum absolute atomic E-state index is 11.7. The molecule has 2 aromatic rings. The zero-order valence-corrected chi connectivity index (χ0v) is 15.1. The summed E-state index contributed by atoms with van der Waals surface area (Å²) in [4.78, 5) is 16.2. The first-order valence-corrected chi connectivity index (χ1v) is 9.15. The summed E-state index contributed by atoms with van der Waals surface area (Å²) in [6.45, 7) is 5.61. The molecule has 5 nitrogen and oxygen atoms in total. The van der Waals surface area contributed by atoms with Crippen LogP contribution in [0.15, 0.2) is 29.6 Å². The molecule has 2 rings (SSSR count). The van der Waals surface area contributed by atoms with Crippen molar-refractivity contribution in [2.75, 3.05) is 18.5 Å². The van der Waals surface area contributed by atoms with Crippen molar-refractivity contribution in [3.05, 3.63) is 29.6 Å². The fourth-order valence-corrected chi connectivity index (χ4v) is 2.78. The Kier molecular flexibility index (Phi) is 7.21. The number of amides is 1. The van der Waals surface area contributed by atoms with Gasteiger partial charge in [0.15, 0.2) is 5.13 Å². The van der Waals surface area contributed by atoms with Crippen molar-refractivity contribution in [1.82, 2.24) is 4.98 Å². The van der Waals surface area contributed by atoms with Crippen molar-refractivity contribution in [3.63, 3.8) is 0 Å². The van der Waals surface area contributed by atoms with E-state index in [1.807, 2.05) is 29.6 Å². The van der Waals surface area contributed by atoms with Crippen LogP contribution in [0.1, 0.15) is 33.1 Å². The Morgan fingerprint density at radius 2 is 2.08 bits per heavy atom. The number of ether oxygens (including phenoxy) is 1. The number of nitrogens with one attached hydrogen (secondary N) is 1. The van der Waals surface area contributed by atoms with Crippen LogP contribution in [-0.4, -0.2) is 24.0 Å². The topological polar surface area (TPSA) is 77.2 Å². The summed E-state index contributed by atoms with van der Waals surface area (Å²) in [5, 5.41) is 5.36. The van der Waals surface area contributed by atoms with E-state index < -0.39 is 0 Å². The smallest absolute Gasteiger partial charge is 0.226 e. The molecule has 0 bridgehead atoms. The number of hydrogen-bond acceptors (Lipinski definition) is 5. The van der Waals surface area contributed by atoms with Gasteiger partial charge in [0.25, 0.3) is 0 Å². The van der Waals surface area contributed by atoms with Gasteiger partial charge in [-0.15, -0.1) is 11.3 Å². The number of aromatic nitrogens is 1. The van der Waals surface area contributed by atoms with E-state index in [0.29, 0.717) is 30.4 Å². The first kappa shape index (κ1) is 18.4. The maximum atomic E-state index is 11.7. The molecule has 130 valence electrons. The highest BCUT2D eigenvalue weighted by atomic mass is 32.1. The fraction of sp³-hybridized carbons (Fsp3) is 0.444. The number of nitrogens with two attached hydrogens (primary N) is 1. The molecule has 1 heterocycles. The number of hydrogen-bond donors (Lipinski definition) is 2. The highest BCUT2D eigenvalue weighted by Crippen LogP contribution is 2.26. The number of rotatable bonds is 9. The summed E-state index contributed by atoms with van der Waals surface area (Å²) >= 11 is 1.42. The van der Waals surface area contributed by atoms with Gasteiger partial charge in [0.1, 0.15) is 5.75 Å². The lowest BCUT2D eigenvalue weighted by atomic mass is 10.1. The lowest BCUT2D eigenvalue weighted by molar-refractivity contribution is -0.116. The minimum absolute atomic E-state index is 0.0461. The molecule has 0 aliphatic rings. The van der Waals surface area contributed by atoms with Gasteiger partial charge in [0.05, 0.1) is 12.3 Å². The van der Waals surface area contributed by atoms with Crippen molar-refractivity contribution in [3.8, 4) is 17.0 Å². The Labute approximate surface area is 147 Å². The summed E-state index contributed by atoms with van der Waals surface area (Å²) in [5.74, 6) is 1.46. The molecule has 1 aromatic heterocycles. The molecule has 1 amide bonds. The number of thiazole rings is 1. The lowest BCUT2D eigenvalue weighted by Crippen LogP contribution is -2.13. The van der Waals surface area contributed by atoms with E-state index in [0.717, 1.165) is 30.0 Å². The van der Waals surface area contributed by atoms with Crippen molar-refractivity contribution < 1.29 is 9.53 Å². The largest absolute Gasteiger partial charge is 0.494 e. The number of benzene rings is 1. The molecule has 0 aliphatic heterocycles. The molecule has 6 heteroatoms. The van der Waals surface area contributed by atoms with Gasteiger partial charge in [-0.1, -0.05) is 13.8 Å². The Balaban J connectivity index is 1.91. The molecule has 0 unspecified atom stereocenters. The molecule has 24 heavy (non-hydrogen) atoms. The van der Waals surface area contributed by atoms with Gasteiger partial charge in [-0.25, -0.2) is 4.98 Å². The average molecular weight is 347 g/mol. The SMILES string of the molecule is CC(C)CCOc1ccc(-c2csc(NC(=O)CCCN)n2)cc1. The summed E-state index contributed by atoms with van der Waals surface area (Å²) in [6.07, 6.45) is 2.15. The minimum Gasteiger partial charge on any atom is -0.494 e. The van der Waals surface area contributed by atoms with Gasteiger partial charge < -0.3 is 15.8 Å². The van der Waals surface area contributed by atoms with Crippen LogP contribution in [0.3, 0.4) is 0 Å². The second kappa shape index (κ2) is 9.39. The predicted molar refractivity (Wildman–Crippen MR) is 99.4 cm³/mol. The average Bonchev–Trinajstić information content (AvgIpc) is 3.01. The summed E-state index contributed by atoms with van der Waals surface area (Å²) in [7, 11) is 0. The number of anilines is 1. The number of nitrogens with zero attached hydrogens (tertiary/aromatic N) is 1. The molecule has 3 N–H and O–H groups in total. The normalized spacial score (nSPS) is 10.8. The first-order valence-electron chi connectivity index (χ1n) is 8.27. The van der Waals surface area contributed by atoms with Crippen LogP contribution in [0.5, 0.6) is 5.75 Å². The summed E-state index contributed by atoms with van der Waals surface area (Å²) in [5.41, 5.74) is 7.26. The van der Waals surface area contributed by atoms with Crippen LogP contribution >= 0.6 is 11.3 Å². The van der Waals surface area contributed by atoms with Gasteiger partial charge >= 0.3 is 0 Å². The molecule has 0 radical (unpaired) electrons. The predicted octanol–water partition coefficient (Wildman–Crippen LogP) is 3.91. The number of carbonyl (C=O) groups excluding carboxylic acids is 1. The molecule has 0 saturated heterocycles. The number of carbonyl (C=O) groups is 1. The van der Waals surface area contributed by atoms with Crippen molar-refractivity contribution in [2.45, 2.75) is 33.1 Å². The highest BCUT2D eigenvalue weighted by Gasteiger charge is 2.08. The monoisotopic (exact) mass is 347 g/mol. The van der Waals surface area contributed by atoms with Crippen LogP contribution in [0, 0.1) is 5.92 Å². The zero-order valence-electron chi connectivity index (χ0n) is 14.2. The highest BCUT2D eigenvalue weighted by molar-refractivity contribution is 7.14. The Morgan fingerprint density at radius 3 is 2.75 bits per heavy atom. The summed E-state index contributed by atoms with van der Waals surface area (Å²) in [6, 6.07) is 7.88. The van der Waals surface area contributed by atoms with Crippen LogP contribution < -0.4 is 15.8 Å². The Bertz CT molecular complexity index is 638. The molecular weight excluding hydrogens is 322 g/mol. The van der Waals surface area contributed by atoms with E-state index >= 15 is 0 Å². The Hall–Kier alpha value is -1.92. The standard InChI is InChI=1S/C18H25N3O2S/c1-13(2)9-11-23-15-7-5-14(6-8-15)16-12-24-18(20-16)21-17(22)4-3-10-19/h5-8,12-13H,3-4,9-11,19H2,1-2H3,(H,20,21,22). The molecule has 1 aromatic carbocycles. The summed E-state index contributed by atoms with van der Waals surface area (Å²) < 4.78 is 5.72. The van der Waals surface area contributed by atoms with Crippen molar-refractivity contribution in [2.24, 2.45) is 11.7 Å². The molecule has 0 spiro atoms. The second-order valence-electron chi connectivity index (χ2n) is 6.03.